The number of nitrogens with one attached hydrogen (secondary N) is 1. The van der Waals surface area contributed by atoms with Crippen molar-refractivity contribution in [3.63, 3.8) is 0 Å². The topological polar surface area (TPSA) is 48.5 Å². The first-order valence-electron chi connectivity index (χ1n) is 5.84. The number of thiazole rings is 1. The predicted molar refractivity (Wildman–Crippen MR) is 69.2 cm³/mol. The molecular formula is C11H18N4OS. The van der Waals surface area contributed by atoms with Crippen molar-refractivity contribution < 1.29 is 4.79 Å². The standard InChI is InChI=1S/C11H18N4OS/c1-3-12-11-13-6-9(17-11)7-15-5-4-14(2)10(16)8-15/h6H,3-5,7-8H2,1-2H3,(H,12,13). The van der Waals surface area contributed by atoms with Crippen LogP contribution in [0.25, 0.3) is 0 Å². The Hall–Kier alpha value is -1.14. The molecule has 2 rings (SSSR count). The van der Waals surface area contributed by atoms with Crippen LogP contribution in [0.1, 0.15) is 11.8 Å². The van der Waals surface area contributed by atoms with E-state index in [1.807, 2.05) is 13.2 Å². The lowest BCUT2D eigenvalue weighted by atomic mass is 10.3. The van der Waals surface area contributed by atoms with E-state index in [0.717, 1.165) is 31.3 Å². The monoisotopic (exact) mass is 254 g/mol. The van der Waals surface area contributed by atoms with E-state index in [1.165, 1.54) is 4.88 Å². The molecule has 1 saturated heterocycles. The number of carbonyl (C=O) groups excluding carboxylic acids is 1. The quantitative estimate of drug-likeness (QED) is 0.865. The lowest BCUT2D eigenvalue weighted by molar-refractivity contribution is -0.134. The van der Waals surface area contributed by atoms with Gasteiger partial charge in [-0.25, -0.2) is 4.98 Å². The van der Waals surface area contributed by atoms with Crippen molar-refractivity contribution in [1.82, 2.24) is 14.8 Å². The molecule has 94 valence electrons. The Morgan fingerprint density at radius 2 is 2.35 bits per heavy atom. The van der Waals surface area contributed by atoms with Crippen LogP contribution < -0.4 is 5.32 Å². The highest BCUT2D eigenvalue weighted by molar-refractivity contribution is 7.15. The first-order valence-corrected chi connectivity index (χ1v) is 6.65. The number of rotatable bonds is 4. The minimum atomic E-state index is 0.202. The summed E-state index contributed by atoms with van der Waals surface area (Å²) >= 11 is 1.66. The van der Waals surface area contributed by atoms with Crippen molar-refractivity contribution in [2.24, 2.45) is 0 Å². The van der Waals surface area contributed by atoms with Crippen molar-refractivity contribution >= 4 is 22.4 Å². The summed E-state index contributed by atoms with van der Waals surface area (Å²) < 4.78 is 0. The molecule has 0 bridgehead atoms. The van der Waals surface area contributed by atoms with Crippen molar-refractivity contribution in [3.8, 4) is 0 Å². The van der Waals surface area contributed by atoms with Gasteiger partial charge in [-0.15, -0.1) is 11.3 Å². The molecule has 1 aromatic rings. The van der Waals surface area contributed by atoms with E-state index in [1.54, 1.807) is 16.2 Å². The van der Waals surface area contributed by atoms with Gasteiger partial charge < -0.3 is 10.2 Å². The lowest BCUT2D eigenvalue weighted by Gasteiger charge is -2.31. The van der Waals surface area contributed by atoms with Gasteiger partial charge in [0.15, 0.2) is 5.13 Å². The van der Waals surface area contributed by atoms with E-state index in [0.29, 0.717) is 6.54 Å². The van der Waals surface area contributed by atoms with E-state index in [-0.39, 0.29) is 5.91 Å². The van der Waals surface area contributed by atoms with Crippen LogP contribution in [0.3, 0.4) is 0 Å². The molecule has 0 unspecified atom stereocenters. The van der Waals surface area contributed by atoms with E-state index in [9.17, 15) is 4.79 Å². The summed E-state index contributed by atoms with van der Waals surface area (Å²) in [5.74, 6) is 0.202. The van der Waals surface area contributed by atoms with Crippen molar-refractivity contribution in [1.29, 1.82) is 0 Å². The Labute approximate surface area is 105 Å². The first-order chi connectivity index (χ1) is 8.19. The molecule has 0 radical (unpaired) electrons. The molecule has 0 atom stereocenters. The summed E-state index contributed by atoms with van der Waals surface area (Å²) in [4.78, 5) is 21.0. The molecule has 1 N–H and O–H groups in total. The fraction of sp³-hybridized carbons (Fsp3) is 0.636. The summed E-state index contributed by atoms with van der Waals surface area (Å²) in [7, 11) is 1.86. The lowest BCUT2D eigenvalue weighted by Crippen LogP contribution is -2.47. The molecule has 1 aliphatic heterocycles. The fourth-order valence-corrected chi connectivity index (χ4v) is 2.70. The second-order valence-corrected chi connectivity index (χ2v) is 5.30. The molecule has 1 fully saturated rings. The highest BCUT2D eigenvalue weighted by Gasteiger charge is 2.21. The molecule has 0 aromatic carbocycles. The number of piperazine rings is 1. The van der Waals surface area contributed by atoms with Crippen LogP contribution in [0.15, 0.2) is 6.20 Å². The van der Waals surface area contributed by atoms with Crippen molar-refractivity contribution in [2.75, 3.05) is 38.5 Å². The first kappa shape index (κ1) is 12.3. The fourth-order valence-electron chi connectivity index (χ4n) is 1.78. The highest BCUT2D eigenvalue weighted by atomic mass is 32.1. The summed E-state index contributed by atoms with van der Waals surface area (Å²) in [6, 6.07) is 0. The zero-order valence-electron chi connectivity index (χ0n) is 10.3. The SMILES string of the molecule is CCNc1ncc(CN2CCN(C)C(=O)C2)s1. The number of amides is 1. The van der Waals surface area contributed by atoms with Crippen molar-refractivity contribution in [2.45, 2.75) is 13.5 Å². The highest BCUT2D eigenvalue weighted by Crippen LogP contribution is 2.20. The van der Waals surface area contributed by atoms with Gasteiger partial charge in [-0.3, -0.25) is 9.69 Å². The maximum atomic E-state index is 11.6. The molecule has 1 amide bonds. The van der Waals surface area contributed by atoms with E-state index in [4.69, 9.17) is 0 Å². The Kier molecular flexibility index (Phi) is 3.96. The molecule has 0 aliphatic carbocycles. The molecule has 5 nitrogen and oxygen atoms in total. The van der Waals surface area contributed by atoms with Gasteiger partial charge in [-0.05, 0) is 6.92 Å². The summed E-state index contributed by atoms with van der Waals surface area (Å²) in [6.07, 6.45) is 1.89. The van der Waals surface area contributed by atoms with Crippen LogP contribution in [0.2, 0.25) is 0 Å². The van der Waals surface area contributed by atoms with E-state index < -0.39 is 0 Å². The number of nitrogens with zero attached hydrogens (tertiary/aromatic N) is 3. The Bertz CT molecular complexity index is 393. The maximum absolute atomic E-state index is 11.6. The second kappa shape index (κ2) is 5.46. The molecule has 1 aromatic heterocycles. The summed E-state index contributed by atoms with van der Waals surface area (Å²) in [6.45, 7) is 6.04. The third-order valence-electron chi connectivity index (χ3n) is 2.80. The number of likely N-dealkylation sites (N-methyl/N-ethyl adjacent to an activating group) is 1. The number of aromatic nitrogens is 1. The molecule has 6 heteroatoms. The summed E-state index contributed by atoms with van der Waals surface area (Å²) in [5, 5.41) is 4.16. The van der Waals surface area contributed by atoms with Gasteiger partial charge in [0, 0.05) is 44.3 Å². The van der Waals surface area contributed by atoms with Gasteiger partial charge >= 0.3 is 0 Å². The molecular weight excluding hydrogens is 236 g/mol. The zero-order chi connectivity index (χ0) is 12.3. The van der Waals surface area contributed by atoms with E-state index >= 15 is 0 Å². The van der Waals surface area contributed by atoms with E-state index in [2.05, 4.69) is 22.1 Å². The van der Waals surface area contributed by atoms with Crippen LogP contribution in [0.4, 0.5) is 5.13 Å². The largest absolute Gasteiger partial charge is 0.362 e. The van der Waals surface area contributed by atoms with Crippen molar-refractivity contribution in [3.05, 3.63) is 11.1 Å². The Morgan fingerprint density at radius 3 is 3.06 bits per heavy atom. The van der Waals surface area contributed by atoms with Gasteiger partial charge in [-0.1, -0.05) is 0 Å². The predicted octanol–water partition coefficient (Wildman–Crippen LogP) is 0.849. The number of hydrogen-bond acceptors (Lipinski definition) is 5. The molecule has 1 aliphatic rings. The Balaban J connectivity index is 1.89. The minimum Gasteiger partial charge on any atom is -0.362 e. The Morgan fingerprint density at radius 1 is 1.53 bits per heavy atom. The molecule has 17 heavy (non-hydrogen) atoms. The average molecular weight is 254 g/mol. The van der Waals surface area contributed by atoms with Gasteiger partial charge in [0.1, 0.15) is 0 Å². The number of anilines is 1. The van der Waals surface area contributed by atoms with Gasteiger partial charge in [0.2, 0.25) is 5.91 Å². The number of carbonyl (C=O) groups is 1. The zero-order valence-corrected chi connectivity index (χ0v) is 11.1. The van der Waals surface area contributed by atoms with Gasteiger partial charge in [0.05, 0.1) is 6.54 Å². The van der Waals surface area contributed by atoms with Crippen LogP contribution in [-0.4, -0.2) is 53.9 Å². The normalized spacial score (nSPS) is 17.5. The number of hydrogen-bond donors (Lipinski definition) is 1. The average Bonchev–Trinajstić information content (AvgIpc) is 2.72. The van der Waals surface area contributed by atoms with Crippen LogP contribution in [-0.2, 0) is 11.3 Å². The summed E-state index contributed by atoms with van der Waals surface area (Å²) in [5.41, 5.74) is 0. The molecule has 2 heterocycles. The van der Waals surface area contributed by atoms with Gasteiger partial charge in [0.25, 0.3) is 0 Å². The third kappa shape index (κ3) is 3.17. The minimum absolute atomic E-state index is 0.202. The smallest absolute Gasteiger partial charge is 0.236 e. The second-order valence-electron chi connectivity index (χ2n) is 4.19. The van der Waals surface area contributed by atoms with Crippen LogP contribution in [0.5, 0.6) is 0 Å². The third-order valence-corrected chi connectivity index (χ3v) is 3.74. The molecule has 0 saturated carbocycles. The maximum Gasteiger partial charge on any atom is 0.236 e. The molecule has 0 spiro atoms. The van der Waals surface area contributed by atoms with Crippen LogP contribution in [0, 0.1) is 0 Å². The van der Waals surface area contributed by atoms with Gasteiger partial charge in [-0.2, -0.15) is 0 Å². The van der Waals surface area contributed by atoms with Crippen LogP contribution >= 0.6 is 11.3 Å².